The van der Waals surface area contributed by atoms with E-state index < -0.39 is 22.6 Å². The molecule has 0 radical (unpaired) electrons. The molecule has 2 unspecified atom stereocenters. The molecule has 0 saturated heterocycles. The Hall–Kier alpha value is -2.53. The summed E-state index contributed by atoms with van der Waals surface area (Å²) in [5.74, 6) is -0.350. The van der Waals surface area contributed by atoms with Crippen LogP contribution in [0.4, 0.5) is 13.2 Å². The summed E-state index contributed by atoms with van der Waals surface area (Å²) in [7, 11) is 0. The molecule has 142 valence electrons. The van der Waals surface area contributed by atoms with Crippen LogP contribution in [0.2, 0.25) is 0 Å². The fourth-order valence-corrected chi connectivity index (χ4v) is 3.42. The van der Waals surface area contributed by atoms with E-state index in [1.165, 1.54) is 6.92 Å². The van der Waals surface area contributed by atoms with Gasteiger partial charge in [0.2, 0.25) is 5.91 Å². The van der Waals surface area contributed by atoms with Crippen LogP contribution >= 0.6 is 11.8 Å². The number of benzene rings is 1. The van der Waals surface area contributed by atoms with Gasteiger partial charge in [0.1, 0.15) is 11.1 Å². The number of nitrogens with zero attached hydrogens (tertiary/aromatic N) is 2. The van der Waals surface area contributed by atoms with Crippen LogP contribution in [0.5, 0.6) is 0 Å². The lowest BCUT2D eigenvalue weighted by molar-refractivity contribution is -0.138. The summed E-state index contributed by atoms with van der Waals surface area (Å²) < 4.78 is 39.6. The molecule has 2 atom stereocenters. The second-order valence-corrected chi connectivity index (χ2v) is 7.33. The number of aryl methyl sites for hydroxylation is 1. The van der Waals surface area contributed by atoms with E-state index in [-0.39, 0.29) is 22.7 Å². The number of thioether (sulfide) groups is 1. The zero-order valence-corrected chi connectivity index (χ0v) is 15.8. The molecule has 0 saturated carbocycles. The van der Waals surface area contributed by atoms with Gasteiger partial charge < -0.3 is 5.32 Å². The summed E-state index contributed by atoms with van der Waals surface area (Å²) >= 11 is 0.839. The topological polar surface area (TPSA) is 65.8 Å². The molecule has 4 nitrogen and oxygen atoms in total. The Kier molecular flexibility index (Phi) is 6.50. The summed E-state index contributed by atoms with van der Waals surface area (Å²) in [5, 5.41) is 11.2. The first-order chi connectivity index (χ1) is 12.6. The lowest BCUT2D eigenvalue weighted by Crippen LogP contribution is -2.33. The molecule has 0 aliphatic carbocycles. The van der Waals surface area contributed by atoms with E-state index in [1.54, 1.807) is 13.0 Å². The summed E-state index contributed by atoms with van der Waals surface area (Å²) in [4.78, 5) is 16.5. The summed E-state index contributed by atoms with van der Waals surface area (Å²) in [5.41, 5.74) is -0.554. The van der Waals surface area contributed by atoms with Crippen molar-refractivity contribution in [3.8, 4) is 6.07 Å². The van der Waals surface area contributed by atoms with Gasteiger partial charge in [0.05, 0.1) is 22.4 Å². The van der Waals surface area contributed by atoms with Crippen LogP contribution in [0.25, 0.3) is 0 Å². The lowest BCUT2D eigenvalue weighted by atomic mass is 10.1. The van der Waals surface area contributed by atoms with Crippen LogP contribution in [-0.2, 0) is 11.0 Å². The SMILES string of the molecule is Cc1cc(C(F)(F)F)c(C#N)c(SC(C)C(=O)NC(C)c2ccccc2)n1. The van der Waals surface area contributed by atoms with Gasteiger partial charge in [0.15, 0.2) is 0 Å². The van der Waals surface area contributed by atoms with Crippen molar-refractivity contribution >= 4 is 17.7 Å². The van der Waals surface area contributed by atoms with E-state index in [0.717, 1.165) is 23.4 Å². The van der Waals surface area contributed by atoms with Crippen molar-refractivity contribution in [2.24, 2.45) is 0 Å². The van der Waals surface area contributed by atoms with Gasteiger partial charge in [-0.3, -0.25) is 4.79 Å². The predicted molar refractivity (Wildman–Crippen MR) is 97.0 cm³/mol. The molecular weight excluding hydrogens is 375 g/mol. The Morgan fingerprint density at radius 3 is 2.44 bits per heavy atom. The maximum atomic E-state index is 13.2. The van der Waals surface area contributed by atoms with Crippen LogP contribution in [0.3, 0.4) is 0 Å². The van der Waals surface area contributed by atoms with E-state index in [4.69, 9.17) is 0 Å². The normalized spacial score (nSPS) is 13.5. The number of halogens is 3. The first-order valence-corrected chi connectivity index (χ1v) is 9.02. The van der Waals surface area contributed by atoms with Crippen LogP contribution in [0, 0.1) is 18.3 Å². The van der Waals surface area contributed by atoms with E-state index in [2.05, 4.69) is 10.3 Å². The van der Waals surface area contributed by atoms with Gasteiger partial charge in [-0.2, -0.15) is 18.4 Å². The third kappa shape index (κ3) is 5.23. The van der Waals surface area contributed by atoms with Gasteiger partial charge in [-0.1, -0.05) is 42.1 Å². The molecule has 1 aromatic heterocycles. The van der Waals surface area contributed by atoms with Gasteiger partial charge in [-0.25, -0.2) is 4.98 Å². The zero-order chi connectivity index (χ0) is 20.2. The molecule has 1 heterocycles. The Balaban J connectivity index is 2.20. The molecule has 0 aliphatic rings. The van der Waals surface area contributed by atoms with Gasteiger partial charge >= 0.3 is 6.18 Å². The molecule has 2 rings (SSSR count). The number of amides is 1. The van der Waals surface area contributed by atoms with Crippen molar-refractivity contribution in [2.45, 2.75) is 43.3 Å². The minimum atomic E-state index is -4.67. The highest BCUT2D eigenvalue weighted by molar-refractivity contribution is 8.00. The third-order valence-electron chi connectivity index (χ3n) is 3.85. The molecule has 0 aliphatic heterocycles. The number of aromatic nitrogens is 1. The number of nitriles is 1. The number of hydrogen-bond donors (Lipinski definition) is 1. The summed E-state index contributed by atoms with van der Waals surface area (Å²) in [6.07, 6.45) is -4.67. The van der Waals surface area contributed by atoms with Crippen molar-refractivity contribution in [3.05, 3.63) is 58.8 Å². The van der Waals surface area contributed by atoms with Crippen LogP contribution in [-0.4, -0.2) is 16.1 Å². The maximum absolute atomic E-state index is 13.2. The van der Waals surface area contributed by atoms with Crippen LogP contribution in [0.15, 0.2) is 41.4 Å². The maximum Gasteiger partial charge on any atom is 0.417 e. The lowest BCUT2D eigenvalue weighted by Gasteiger charge is -2.19. The Labute approximate surface area is 159 Å². The Bertz CT molecular complexity index is 863. The van der Waals surface area contributed by atoms with Crippen LogP contribution < -0.4 is 5.32 Å². The average molecular weight is 393 g/mol. The molecule has 1 N–H and O–H groups in total. The first-order valence-electron chi connectivity index (χ1n) is 8.14. The second-order valence-electron chi connectivity index (χ2n) is 6.00. The van der Waals surface area contributed by atoms with Crippen molar-refractivity contribution in [2.75, 3.05) is 0 Å². The number of rotatable bonds is 5. The van der Waals surface area contributed by atoms with Crippen molar-refractivity contribution in [1.29, 1.82) is 5.26 Å². The second kappa shape index (κ2) is 8.44. The van der Waals surface area contributed by atoms with Gasteiger partial charge in [0.25, 0.3) is 0 Å². The molecule has 8 heteroatoms. The van der Waals surface area contributed by atoms with Gasteiger partial charge in [0, 0.05) is 5.69 Å². The molecular formula is C19H18F3N3OS. The molecule has 2 aromatic rings. The highest BCUT2D eigenvalue weighted by Crippen LogP contribution is 2.36. The van der Waals surface area contributed by atoms with Crippen molar-refractivity contribution in [3.63, 3.8) is 0 Å². The number of carbonyl (C=O) groups is 1. The number of alkyl halides is 3. The molecule has 0 bridgehead atoms. The fourth-order valence-electron chi connectivity index (χ4n) is 2.44. The van der Waals surface area contributed by atoms with Crippen molar-refractivity contribution < 1.29 is 18.0 Å². The standard InChI is InChI=1S/C19H18F3N3OS/c1-11-9-16(19(20,21)22)15(10-23)18(24-11)27-13(3)17(26)25-12(2)14-7-5-4-6-8-14/h4-9,12-13H,1-3H3,(H,25,26). The van der Waals surface area contributed by atoms with E-state index in [0.29, 0.717) is 0 Å². The molecule has 0 fully saturated rings. The number of carbonyl (C=O) groups excluding carboxylic acids is 1. The van der Waals surface area contributed by atoms with Crippen LogP contribution in [0.1, 0.15) is 42.3 Å². The van der Waals surface area contributed by atoms with E-state index in [1.807, 2.05) is 37.3 Å². The number of nitrogens with one attached hydrogen (secondary N) is 1. The minimum absolute atomic E-state index is 0.0974. The predicted octanol–water partition coefficient (Wildman–Crippen LogP) is 4.64. The van der Waals surface area contributed by atoms with Crippen molar-refractivity contribution in [1.82, 2.24) is 10.3 Å². The van der Waals surface area contributed by atoms with Gasteiger partial charge in [-0.15, -0.1) is 0 Å². The summed E-state index contributed by atoms with van der Waals surface area (Å²) in [6.45, 7) is 4.80. The highest BCUT2D eigenvalue weighted by Gasteiger charge is 2.36. The monoisotopic (exact) mass is 393 g/mol. The third-order valence-corrected chi connectivity index (χ3v) is 4.93. The van der Waals surface area contributed by atoms with Gasteiger partial charge in [-0.05, 0) is 32.4 Å². The number of hydrogen-bond acceptors (Lipinski definition) is 4. The molecule has 0 spiro atoms. The largest absolute Gasteiger partial charge is 0.417 e. The molecule has 1 aromatic carbocycles. The number of pyridine rings is 1. The zero-order valence-electron chi connectivity index (χ0n) is 15.0. The Morgan fingerprint density at radius 1 is 1.26 bits per heavy atom. The minimum Gasteiger partial charge on any atom is -0.349 e. The first kappa shape index (κ1) is 20.8. The average Bonchev–Trinajstić information content (AvgIpc) is 2.61. The van der Waals surface area contributed by atoms with E-state index in [9.17, 15) is 23.2 Å². The highest BCUT2D eigenvalue weighted by atomic mass is 32.2. The fraction of sp³-hybridized carbons (Fsp3) is 0.316. The Morgan fingerprint density at radius 2 is 1.89 bits per heavy atom. The molecule has 27 heavy (non-hydrogen) atoms. The summed E-state index contributed by atoms with van der Waals surface area (Å²) in [6, 6.07) is 11.5. The smallest absolute Gasteiger partial charge is 0.349 e. The molecule has 1 amide bonds. The van der Waals surface area contributed by atoms with E-state index >= 15 is 0 Å². The quantitative estimate of drug-likeness (QED) is 0.752.